The Hall–Kier alpha value is -1.75. The van der Waals surface area contributed by atoms with E-state index in [1.165, 1.54) is 53.6 Å². The van der Waals surface area contributed by atoms with Crippen LogP contribution >= 0.6 is 0 Å². The first-order valence-corrected chi connectivity index (χ1v) is 18.9. The number of nitrogens with zero attached hydrogens (tertiary/aromatic N) is 1. The predicted molar refractivity (Wildman–Crippen MR) is 170 cm³/mol. The average molecular weight is 560 g/mol. The summed E-state index contributed by atoms with van der Waals surface area (Å²) in [7, 11) is -2.05. The molecule has 4 heteroatoms. The Morgan fingerprint density at radius 3 is 2.12 bits per heavy atom. The van der Waals surface area contributed by atoms with Crippen LogP contribution < -0.4 is 0 Å². The molecule has 0 amide bonds. The first-order valence-electron chi connectivity index (χ1n) is 15.9. The fraction of sp³-hybridized carbons (Fsp3) is 0.639. The summed E-state index contributed by atoms with van der Waals surface area (Å²) in [6.07, 6.45) is 11.2. The number of allylic oxidation sites excluding steroid dienone is 2. The summed E-state index contributed by atoms with van der Waals surface area (Å²) in [5.41, 5.74) is 9.95. The monoisotopic (exact) mass is 559 g/mol. The summed E-state index contributed by atoms with van der Waals surface area (Å²) in [6, 6.07) is 8.62. The molecule has 3 nitrogen and oxygen atoms in total. The van der Waals surface area contributed by atoms with Gasteiger partial charge in [0.1, 0.15) is 6.10 Å². The van der Waals surface area contributed by atoms with Crippen LogP contribution in [0, 0.1) is 5.41 Å². The van der Waals surface area contributed by atoms with Crippen LogP contribution in [0.25, 0.3) is 5.57 Å². The van der Waals surface area contributed by atoms with Gasteiger partial charge in [0, 0.05) is 22.5 Å². The minimum absolute atomic E-state index is 0.0458. The SMILES string of the molecule is CC(C)c1ccc(C(O)c2c(C(C)C)nc3c(c2C2=CCCC2)[C@H](O[Si](C)(C)C(C)(C)C)CC2(CCC2)C3)cc1. The smallest absolute Gasteiger partial charge is 0.192 e. The van der Waals surface area contributed by atoms with Crippen molar-refractivity contribution in [2.75, 3.05) is 0 Å². The lowest BCUT2D eigenvalue weighted by Crippen LogP contribution is -2.46. The van der Waals surface area contributed by atoms with Crippen molar-refractivity contribution in [2.24, 2.45) is 5.41 Å². The predicted octanol–water partition coefficient (Wildman–Crippen LogP) is 10.2. The van der Waals surface area contributed by atoms with E-state index < -0.39 is 14.4 Å². The maximum atomic E-state index is 12.2. The normalized spacial score (nSPS) is 21.5. The van der Waals surface area contributed by atoms with Crippen molar-refractivity contribution in [3.63, 3.8) is 0 Å². The van der Waals surface area contributed by atoms with Crippen LogP contribution in [-0.2, 0) is 10.8 Å². The molecule has 1 heterocycles. The molecule has 2 atom stereocenters. The minimum Gasteiger partial charge on any atom is -0.410 e. The number of aliphatic hydroxyl groups excluding tert-OH is 1. The molecule has 5 rings (SSSR count). The van der Waals surface area contributed by atoms with E-state index in [1.807, 2.05) is 0 Å². The molecule has 1 saturated carbocycles. The highest BCUT2D eigenvalue weighted by Crippen LogP contribution is 2.58. The van der Waals surface area contributed by atoms with Gasteiger partial charge in [0.05, 0.1) is 6.10 Å². The summed E-state index contributed by atoms with van der Waals surface area (Å²) in [5.74, 6) is 0.693. The van der Waals surface area contributed by atoms with Crippen molar-refractivity contribution in [1.29, 1.82) is 0 Å². The third-order valence-electron chi connectivity index (χ3n) is 10.6. The average Bonchev–Trinajstić information content (AvgIpc) is 3.40. The minimum atomic E-state index is -2.05. The molecule has 218 valence electrons. The molecule has 1 aromatic carbocycles. The van der Waals surface area contributed by atoms with E-state index in [-0.39, 0.29) is 17.1 Å². The highest BCUT2D eigenvalue weighted by Gasteiger charge is 2.49. The summed E-state index contributed by atoms with van der Waals surface area (Å²) < 4.78 is 7.37. The third kappa shape index (κ3) is 5.41. The quantitative estimate of drug-likeness (QED) is 0.343. The molecule has 1 N–H and O–H groups in total. The van der Waals surface area contributed by atoms with Crippen LogP contribution in [0.15, 0.2) is 30.3 Å². The van der Waals surface area contributed by atoms with Crippen molar-refractivity contribution in [2.45, 2.75) is 142 Å². The lowest BCUT2D eigenvalue weighted by atomic mass is 9.59. The van der Waals surface area contributed by atoms with Gasteiger partial charge in [-0.2, -0.15) is 0 Å². The first kappa shape index (κ1) is 29.7. The second kappa shape index (κ2) is 10.8. The number of pyridine rings is 1. The molecule has 1 fully saturated rings. The maximum Gasteiger partial charge on any atom is 0.192 e. The number of rotatable bonds is 7. The van der Waals surface area contributed by atoms with Gasteiger partial charge in [-0.25, -0.2) is 0 Å². The molecular formula is C36H53NO2Si. The molecular weight excluding hydrogens is 506 g/mol. The molecule has 40 heavy (non-hydrogen) atoms. The topological polar surface area (TPSA) is 42.4 Å². The van der Waals surface area contributed by atoms with Crippen molar-refractivity contribution in [3.05, 3.63) is 69.5 Å². The third-order valence-corrected chi connectivity index (χ3v) is 15.1. The van der Waals surface area contributed by atoms with Gasteiger partial charge in [0.25, 0.3) is 0 Å². The van der Waals surface area contributed by atoms with Crippen LogP contribution in [0.3, 0.4) is 0 Å². The largest absolute Gasteiger partial charge is 0.410 e. The summed E-state index contributed by atoms with van der Waals surface area (Å²) in [4.78, 5) is 5.51. The zero-order valence-corrected chi connectivity index (χ0v) is 27.7. The Kier molecular flexibility index (Phi) is 8.04. The van der Waals surface area contributed by atoms with Crippen molar-refractivity contribution < 1.29 is 9.53 Å². The van der Waals surface area contributed by atoms with Crippen LogP contribution in [0.2, 0.25) is 18.1 Å². The van der Waals surface area contributed by atoms with Gasteiger partial charge in [-0.1, -0.05) is 85.2 Å². The van der Waals surface area contributed by atoms with Gasteiger partial charge in [-0.05, 0) is 103 Å². The molecule has 0 radical (unpaired) electrons. The number of hydrogen-bond acceptors (Lipinski definition) is 3. The van der Waals surface area contributed by atoms with E-state index in [9.17, 15) is 5.11 Å². The van der Waals surface area contributed by atoms with Gasteiger partial charge in [-0.15, -0.1) is 0 Å². The molecule has 1 spiro atoms. The highest BCUT2D eigenvalue weighted by molar-refractivity contribution is 6.74. The molecule has 1 aromatic heterocycles. The van der Waals surface area contributed by atoms with Crippen LogP contribution in [0.1, 0.15) is 157 Å². The van der Waals surface area contributed by atoms with Crippen molar-refractivity contribution >= 4 is 13.9 Å². The Morgan fingerprint density at radius 1 is 0.975 bits per heavy atom. The van der Waals surface area contributed by atoms with E-state index >= 15 is 0 Å². The van der Waals surface area contributed by atoms with Gasteiger partial charge in [-0.3, -0.25) is 4.98 Å². The van der Waals surface area contributed by atoms with Gasteiger partial charge < -0.3 is 9.53 Å². The number of aromatic nitrogens is 1. The Bertz CT molecular complexity index is 1260. The maximum absolute atomic E-state index is 12.2. The standard InChI is InChI=1S/C36H53NO2Si/c1-23(2)25-15-17-27(18-16-25)34(38)32-30(26-13-10-11-14-26)31-28(37-33(32)24(3)4)21-36(19-12-20-36)22-29(31)39-40(8,9)35(5,6)7/h13,15-18,23-24,29,34,38H,10-12,14,19-22H2,1-9H3/t29-,34?/m1/s1. The van der Waals surface area contributed by atoms with E-state index in [4.69, 9.17) is 9.41 Å². The van der Waals surface area contributed by atoms with Crippen LogP contribution in [0.4, 0.5) is 0 Å². The number of aliphatic hydroxyl groups is 1. The van der Waals surface area contributed by atoms with Crippen LogP contribution in [0.5, 0.6) is 0 Å². The van der Waals surface area contributed by atoms with E-state index in [0.29, 0.717) is 11.3 Å². The molecule has 0 saturated heterocycles. The number of hydrogen-bond donors (Lipinski definition) is 1. The summed E-state index contributed by atoms with van der Waals surface area (Å²) >= 11 is 0. The van der Waals surface area contributed by atoms with Crippen molar-refractivity contribution in [3.8, 4) is 0 Å². The Morgan fingerprint density at radius 2 is 1.62 bits per heavy atom. The van der Waals surface area contributed by atoms with Crippen molar-refractivity contribution in [1.82, 2.24) is 4.98 Å². The molecule has 0 bridgehead atoms. The van der Waals surface area contributed by atoms with Gasteiger partial charge in [0.2, 0.25) is 0 Å². The zero-order valence-electron chi connectivity index (χ0n) is 26.7. The number of benzene rings is 1. The molecule has 2 aromatic rings. The van der Waals surface area contributed by atoms with Crippen LogP contribution in [-0.4, -0.2) is 18.4 Å². The summed E-state index contributed by atoms with van der Waals surface area (Å²) in [6.45, 7) is 20.7. The zero-order chi connectivity index (χ0) is 29.0. The Labute approximate surface area is 245 Å². The lowest BCUT2D eigenvalue weighted by Gasteiger charge is -2.51. The molecule has 3 aliphatic carbocycles. The van der Waals surface area contributed by atoms with E-state index in [1.54, 1.807) is 0 Å². The van der Waals surface area contributed by atoms with E-state index in [2.05, 4.69) is 91.9 Å². The van der Waals surface area contributed by atoms with E-state index in [0.717, 1.165) is 42.5 Å². The molecule has 3 aliphatic rings. The molecule has 1 unspecified atom stereocenters. The summed E-state index contributed by atoms with van der Waals surface area (Å²) in [5, 5.41) is 12.3. The fourth-order valence-electron chi connectivity index (χ4n) is 6.97. The van der Waals surface area contributed by atoms with Gasteiger partial charge in [0.15, 0.2) is 8.32 Å². The highest BCUT2D eigenvalue weighted by atomic mass is 28.4. The molecule has 0 aliphatic heterocycles. The fourth-order valence-corrected chi connectivity index (χ4v) is 8.23. The van der Waals surface area contributed by atoms with Gasteiger partial charge >= 0.3 is 0 Å². The number of fused-ring (bicyclic) bond motifs is 1. The Balaban J connectivity index is 1.74. The second-order valence-electron chi connectivity index (χ2n) is 15.2. The lowest BCUT2D eigenvalue weighted by molar-refractivity contribution is 0.0296. The first-order chi connectivity index (χ1) is 18.7. The second-order valence-corrected chi connectivity index (χ2v) is 20.0.